The number of methoxy groups -OCH3 is 1. The summed E-state index contributed by atoms with van der Waals surface area (Å²) >= 11 is 0. The summed E-state index contributed by atoms with van der Waals surface area (Å²) in [5.41, 5.74) is 7.30. The summed E-state index contributed by atoms with van der Waals surface area (Å²) in [6, 6.07) is 5.50. The fraction of sp³-hybridized carbons (Fsp3) is 0.500. The van der Waals surface area contributed by atoms with Gasteiger partial charge >= 0.3 is 0 Å². The Bertz CT molecular complexity index is 542. The Kier molecular flexibility index (Phi) is 3.38. The van der Waals surface area contributed by atoms with Crippen molar-refractivity contribution in [2.75, 3.05) is 35.8 Å². The smallest absolute Gasteiger partial charge is 0.154 e. The van der Waals surface area contributed by atoms with Crippen molar-refractivity contribution in [1.29, 1.82) is 0 Å². The van der Waals surface area contributed by atoms with Crippen LogP contribution in [0.5, 0.6) is 5.75 Å². The largest absolute Gasteiger partial charge is 0.495 e. The van der Waals surface area contributed by atoms with Gasteiger partial charge < -0.3 is 15.4 Å². The number of nitrogens with two attached hydrogens (primary N) is 1. The lowest BCUT2D eigenvalue weighted by Gasteiger charge is -2.35. The van der Waals surface area contributed by atoms with Crippen LogP contribution in [0.4, 0.5) is 11.4 Å². The zero-order valence-electron chi connectivity index (χ0n) is 10.6. The molecule has 1 aromatic rings. The second-order valence-electron chi connectivity index (χ2n) is 4.58. The molecule has 1 aromatic carbocycles. The first-order valence-electron chi connectivity index (χ1n) is 5.83. The first kappa shape index (κ1) is 13.0. The lowest BCUT2D eigenvalue weighted by atomic mass is 10.2. The van der Waals surface area contributed by atoms with Crippen molar-refractivity contribution in [3.63, 3.8) is 0 Å². The molecule has 100 valence electrons. The van der Waals surface area contributed by atoms with E-state index >= 15 is 0 Å². The number of anilines is 2. The predicted molar refractivity (Wildman–Crippen MR) is 72.9 cm³/mol. The highest BCUT2D eigenvalue weighted by Gasteiger charge is 2.28. The highest BCUT2D eigenvalue weighted by atomic mass is 32.2. The van der Waals surface area contributed by atoms with Crippen LogP contribution in [0.3, 0.4) is 0 Å². The summed E-state index contributed by atoms with van der Waals surface area (Å²) in [5.74, 6) is 1.01. The normalized spacial score (nSPS) is 22.8. The van der Waals surface area contributed by atoms with E-state index in [4.69, 9.17) is 10.5 Å². The molecule has 0 aromatic heterocycles. The van der Waals surface area contributed by atoms with Gasteiger partial charge in [-0.3, -0.25) is 0 Å². The van der Waals surface area contributed by atoms with E-state index in [0.717, 1.165) is 5.69 Å². The van der Waals surface area contributed by atoms with E-state index in [2.05, 4.69) is 4.90 Å². The van der Waals surface area contributed by atoms with Crippen molar-refractivity contribution < 1.29 is 13.2 Å². The third-order valence-electron chi connectivity index (χ3n) is 3.22. The number of benzene rings is 1. The second kappa shape index (κ2) is 4.68. The van der Waals surface area contributed by atoms with Crippen molar-refractivity contribution in [1.82, 2.24) is 0 Å². The van der Waals surface area contributed by atoms with E-state index in [9.17, 15) is 8.42 Å². The van der Waals surface area contributed by atoms with Crippen LogP contribution in [-0.4, -0.2) is 39.6 Å². The quantitative estimate of drug-likeness (QED) is 0.808. The Morgan fingerprint density at radius 1 is 1.44 bits per heavy atom. The zero-order chi connectivity index (χ0) is 13.3. The first-order valence-corrected chi connectivity index (χ1v) is 7.65. The van der Waals surface area contributed by atoms with Gasteiger partial charge in [0.05, 0.1) is 24.3 Å². The minimum atomic E-state index is -2.89. The van der Waals surface area contributed by atoms with E-state index in [1.165, 1.54) is 0 Å². The number of rotatable bonds is 2. The maximum atomic E-state index is 11.5. The molecule has 0 amide bonds. The Morgan fingerprint density at radius 3 is 2.78 bits per heavy atom. The maximum absolute atomic E-state index is 11.5. The van der Waals surface area contributed by atoms with Gasteiger partial charge in [0.15, 0.2) is 9.84 Å². The predicted octanol–water partition coefficient (Wildman–Crippen LogP) is 0.901. The molecule has 1 saturated heterocycles. The average Bonchev–Trinajstić information content (AvgIpc) is 2.29. The monoisotopic (exact) mass is 270 g/mol. The van der Waals surface area contributed by atoms with Gasteiger partial charge in [-0.05, 0) is 19.1 Å². The molecule has 1 fully saturated rings. The van der Waals surface area contributed by atoms with Gasteiger partial charge in [-0.15, -0.1) is 0 Å². The lowest BCUT2D eigenvalue weighted by molar-refractivity contribution is 0.417. The van der Waals surface area contributed by atoms with Crippen LogP contribution in [0.1, 0.15) is 6.92 Å². The fourth-order valence-electron chi connectivity index (χ4n) is 2.26. The Morgan fingerprint density at radius 2 is 2.17 bits per heavy atom. The third-order valence-corrected chi connectivity index (χ3v) is 5.01. The Balaban J connectivity index is 2.27. The molecular formula is C12H18N2O3S. The van der Waals surface area contributed by atoms with Gasteiger partial charge in [0.25, 0.3) is 0 Å². The SMILES string of the molecule is COc1cc(N2CCS(=O)(=O)CC2C)ccc1N. The van der Waals surface area contributed by atoms with E-state index in [-0.39, 0.29) is 17.5 Å². The van der Waals surface area contributed by atoms with Crippen molar-refractivity contribution in [2.24, 2.45) is 0 Å². The van der Waals surface area contributed by atoms with Crippen LogP contribution in [0.25, 0.3) is 0 Å². The molecule has 0 spiro atoms. The summed E-state index contributed by atoms with van der Waals surface area (Å²) in [6.45, 7) is 2.43. The molecule has 2 rings (SSSR count). The van der Waals surface area contributed by atoms with E-state index in [1.54, 1.807) is 13.2 Å². The van der Waals surface area contributed by atoms with Gasteiger partial charge in [-0.1, -0.05) is 0 Å². The number of hydrogen-bond donors (Lipinski definition) is 1. The fourth-order valence-corrected chi connectivity index (χ4v) is 3.82. The van der Waals surface area contributed by atoms with Crippen LogP contribution in [0.15, 0.2) is 18.2 Å². The van der Waals surface area contributed by atoms with Gasteiger partial charge in [0.2, 0.25) is 0 Å². The highest BCUT2D eigenvalue weighted by Crippen LogP contribution is 2.29. The molecule has 0 bridgehead atoms. The maximum Gasteiger partial charge on any atom is 0.154 e. The molecule has 1 aliphatic rings. The highest BCUT2D eigenvalue weighted by molar-refractivity contribution is 7.91. The molecular weight excluding hydrogens is 252 g/mol. The van der Waals surface area contributed by atoms with Gasteiger partial charge in [0, 0.05) is 24.3 Å². The van der Waals surface area contributed by atoms with Gasteiger partial charge in [-0.2, -0.15) is 0 Å². The molecule has 0 radical (unpaired) electrons. The van der Waals surface area contributed by atoms with E-state index in [1.807, 2.05) is 19.1 Å². The minimum absolute atomic E-state index is 0.0305. The van der Waals surface area contributed by atoms with Crippen LogP contribution in [-0.2, 0) is 9.84 Å². The summed E-state index contributed by atoms with van der Waals surface area (Å²) in [7, 11) is -1.33. The molecule has 5 nitrogen and oxygen atoms in total. The molecule has 1 unspecified atom stereocenters. The standard InChI is InChI=1S/C12H18N2O3S/c1-9-8-18(15,16)6-5-14(9)10-3-4-11(13)12(7-10)17-2/h3-4,7,9H,5-6,8,13H2,1-2H3. The molecule has 18 heavy (non-hydrogen) atoms. The second-order valence-corrected chi connectivity index (χ2v) is 6.81. The van der Waals surface area contributed by atoms with Crippen molar-refractivity contribution >= 4 is 21.2 Å². The first-order chi connectivity index (χ1) is 8.43. The Labute approximate surface area is 107 Å². The molecule has 1 aliphatic heterocycles. The molecule has 0 aliphatic carbocycles. The third kappa shape index (κ3) is 2.53. The average molecular weight is 270 g/mol. The van der Waals surface area contributed by atoms with Gasteiger partial charge in [-0.25, -0.2) is 8.42 Å². The molecule has 2 N–H and O–H groups in total. The molecule has 6 heteroatoms. The summed E-state index contributed by atoms with van der Waals surface area (Å²) in [6.07, 6.45) is 0. The summed E-state index contributed by atoms with van der Waals surface area (Å²) in [4.78, 5) is 2.07. The number of nitrogens with zero attached hydrogens (tertiary/aromatic N) is 1. The molecule has 1 atom stereocenters. The number of sulfone groups is 1. The number of nitrogen functional groups attached to an aromatic ring is 1. The van der Waals surface area contributed by atoms with Crippen molar-refractivity contribution in [3.05, 3.63) is 18.2 Å². The van der Waals surface area contributed by atoms with Crippen LogP contribution in [0, 0.1) is 0 Å². The van der Waals surface area contributed by atoms with E-state index < -0.39 is 9.84 Å². The number of ether oxygens (including phenoxy) is 1. The lowest BCUT2D eigenvalue weighted by Crippen LogP contribution is -2.47. The number of hydrogen-bond acceptors (Lipinski definition) is 5. The van der Waals surface area contributed by atoms with Crippen molar-refractivity contribution in [3.8, 4) is 5.75 Å². The van der Waals surface area contributed by atoms with Crippen LogP contribution >= 0.6 is 0 Å². The van der Waals surface area contributed by atoms with Gasteiger partial charge in [0.1, 0.15) is 5.75 Å². The summed E-state index contributed by atoms with van der Waals surface area (Å²) < 4.78 is 28.3. The van der Waals surface area contributed by atoms with Crippen LogP contribution in [0.2, 0.25) is 0 Å². The van der Waals surface area contributed by atoms with E-state index in [0.29, 0.717) is 18.0 Å². The zero-order valence-corrected chi connectivity index (χ0v) is 11.4. The molecule has 0 saturated carbocycles. The Hall–Kier alpha value is -1.43. The molecule has 1 heterocycles. The van der Waals surface area contributed by atoms with Crippen molar-refractivity contribution in [2.45, 2.75) is 13.0 Å². The summed E-state index contributed by atoms with van der Waals surface area (Å²) in [5, 5.41) is 0. The van der Waals surface area contributed by atoms with Crippen LogP contribution < -0.4 is 15.4 Å². The minimum Gasteiger partial charge on any atom is -0.495 e. The topological polar surface area (TPSA) is 72.6 Å².